The second-order valence-electron chi connectivity index (χ2n) is 6.45. The first kappa shape index (κ1) is 19.1. The summed E-state index contributed by atoms with van der Waals surface area (Å²) < 4.78 is 1.31. The lowest BCUT2D eigenvalue weighted by atomic mass is 10.0. The van der Waals surface area contributed by atoms with Crippen molar-refractivity contribution in [1.29, 1.82) is 0 Å². The maximum absolute atomic E-state index is 12.5. The van der Waals surface area contributed by atoms with Crippen LogP contribution in [0.5, 0.6) is 0 Å². The molecule has 0 spiro atoms. The molecule has 0 radical (unpaired) electrons. The van der Waals surface area contributed by atoms with Gasteiger partial charge in [-0.25, -0.2) is 9.78 Å². The minimum atomic E-state index is -0.317. The van der Waals surface area contributed by atoms with Crippen LogP contribution in [0.3, 0.4) is 0 Å². The van der Waals surface area contributed by atoms with E-state index in [0.717, 1.165) is 22.4 Å². The van der Waals surface area contributed by atoms with Crippen molar-refractivity contribution in [2.75, 3.05) is 0 Å². The molecule has 4 rings (SSSR count). The minimum absolute atomic E-state index is 0.317. The molecule has 2 aromatic carbocycles. The van der Waals surface area contributed by atoms with E-state index in [1.54, 1.807) is 6.07 Å². The van der Waals surface area contributed by atoms with Crippen molar-refractivity contribution in [3.05, 3.63) is 79.8 Å². The van der Waals surface area contributed by atoms with E-state index in [2.05, 4.69) is 15.1 Å². The molecular formula is C20H16Cl2N4OS. The molecule has 5 nitrogen and oxygen atoms in total. The molecule has 4 aromatic rings. The Balaban J connectivity index is 1.72. The van der Waals surface area contributed by atoms with E-state index >= 15 is 0 Å². The van der Waals surface area contributed by atoms with Gasteiger partial charge in [-0.15, -0.1) is 0 Å². The molecule has 0 amide bonds. The Morgan fingerprint density at radius 3 is 2.54 bits per heavy atom. The number of thioether (sulfide) groups is 1. The van der Waals surface area contributed by atoms with Crippen molar-refractivity contribution >= 4 is 40.6 Å². The Labute approximate surface area is 175 Å². The monoisotopic (exact) mass is 430 g/mol. The molecule has 142 valence electrons. The zero-order valence-electron chi connectivity index (χ0n) is 15.2. The zero-order chi connectivity index (χ0) is 19.8. The Bertz CT molecular complexity index is 1230. The van der Waals surface area contributed by atoms with Crippen LogP contribution in [0.4, 0.5) is 0 Å². The van der Waals surface area contributed by atoms with Gasteiger partial charge in [0.25, 0.3) is 0 Å². The van der Waals surface area contributed by atoms with Gasteiger partial charge in [-0.05, 0) is 37.1 Å². The maximum atomic E-state index is 12.5. The van der Waals surface area contributed by atoms with E-state index in [-0.39, 0.29) is 5.69 Å². The standard InChI is InChI=1S/C20H16Cl2N4OS/c1-11-3-6-14(7-4-11)17-12(2)25-26-18(17)23-19(24-20(26)27)28-10-13-5-8-15(21)16(22)9-13/h3-9H,10H2,1-2H3,(H,23,24,27). The molecule has 1 N–H and O–H groups in total. The summed E-state index contributed by atoms with van der Waals surface area (Å²) in [4.78, 5) is 20.0. The van der Waals surface area contributed by atoms with Crippen molar-refractivity contribution < 1.29 is 0 Å². The molecule has 0 fully saturated rings. The van der Waals surface area contributed by atoms with Crippen LogP contribution in [0.1, 0.15) is 16.8 Å². The average Bonchev–Trinajstić information content (AvgIpc) is 3.00. The first-order valence-electron chi connectivity index (χ1n) is 8.56. The van der Waals surface area contributed by atoms with Gasteiger partial charge in [0.2, 0.25) is 0 Å². The molecule has 8 heteroatoms. The molecule has 0 saturated heterocycles. The summed E-state index contributed by atoms with van der Waals surface area (Å²) in [6.07, 6.45) is 0. The van der Waals surface area contributed by atoms with E-state index in [4.69, 9.17) is 23.2 Å². The number of aromatic nitrogens is 4. The predicted octanol–water partition coefficient (Wildman–Crippen LogP) is 5.30. The summed E-state index contributed by atoms with van der Waals surface area (Å²) in [5.74, 6) is 0.600. The molecule has 2 aromatic heterocycles. The van der Waals surface area contributed by atoms with Gasteiger partial charge in [0, 0.05) is 11.3 Å². The molecule has 2 heterocycles. The maximum Gasteiger partial charge on any atom is 0.350 e. The van der Waals surface area contributed by atoms with E-state index in [1.807, 2.05) is 50.2 Å². The van der Waals surface area contributed by atoms with Crippen molar-refractivity contribution in [3.63, 3.8) is 0 Å². The van der Waals surface area contributed by atoms with Gasteiger partial charge in [-0.1, -0.05) is 70.9 Å². The molecular weight excluding hydrogens is 415 g/mol. The van der Waals surface area contributed by atoms with Crippen LogP contribution in [-0.2, 0) is 5.75 Å². The van der Waals surface area contributed by atoms with Gasteiger partial charge >= 0.3 is 5.69 Å². The lowest BCUT2D eigenvalue weighted by Crippen LogP contribution is -2.19. The van der Waals surface area contributed by atoms with Gasteiger partial charge in [0.1, 0.15) is 0 Å². The third-order valence-electron chi connectivity index (χ3n) is 4.35. The van der Waals surface area contributed by atoms with Crippen LogP contribution in [0.25, 0.3) is 16.8 Å². The van der Waals surface area contributed by atoms with Gasteiger partial charge in [-0.3, -0.25) is 4.98 Å². The lowest BCUT2D eigenvalue weighted by Gasteiger charge is -2.05. The number of aromatic amines is 1. The fourth-order valence-corrected chi connectivity index (χ4v) is 4.05. The van der Waals surface area contributed by atoms with Gasteiger partial charge < -0.3 is 0 Å². The van der Waals surface area contributed by atoms with Crippen molar-refractivity contribution in [1.82, 2.24) is 19.6 Å². The summed E-state index contributed by atoms with van der Waals surface area (Å²) in [5, 5.41) is 5.91. The Morgan fingerprint density at radius 1 is 1.07 bits per heavy atom. The molecule has 28 heavy (non-hydrogen) atoms. The van der Waals surface area contributed by atoms with Crippen LogP contribution in [-0.4, -0.2) is 19.6 Å². The van der Waals surface area contributed by atoms with Crippen LogP contribution in [0.2, 0.25) is 10.0 Å². The molecule has 0 unspecified atom stereocenters. The highest BCUT2D eigenvalue weighted by atomic mass is 35.5. The second-order valence-corrected chi connectivity index (χ2v) is 8.22. The number of aryl methyl sites for hydroxylation is 2. The number of hydrogen-bond acceptors (Lipinski definition) is 4. The van der Waals surface area contributed by atoms with E-state index in [0.29, 0.717) is 26.6 Å². The molecule has 0 atom stereocenters. The summed E-state index contributed by atoms with van der Waals surface area (Å²) in [5.41, 5.74) is 4.99. The van der Waals surface area contributed by atoms with Crippen LogP contribution < -0.4 is 5.69 Å². The highest BCUT2D eigenvalue weighted by Gasteiger charge is 2.16. The topological polar surface area (TPSA) is 63.1 Å². The first-order valence-corrected chi connectivity index (χ1v) is 10.3. The lowest BCUT2D eigenvalue weighted by molar-refractivity contribution is 0.780. The van der Waals surface area contributed by atoms with Crippen LogP contribution >= 0.6 is 35.0 Å². The van der Waals surface area contributed by atoms with Crippen molar-refractivity contribution in [3.8, 4) is 11.1 Å². The second kappa shape index (κ2) is 7.62. The number of fused-ring (bicyclic) bond motifs is 1. The van der Waals surface area contributed by atoms with Crippen LogP contribution in [0.15, 0.2) is 52.4 Å². The molecule has 0 aliphatic heterocycles. The van der Waals surface area contributed by atoms with Crippen LogP contribution in [0, 0.1) is 13.8 Å². The summed E-state index contributed by atoms with van der Waals surface area (Å²) >= 11 is 13.5. The number of nitrogens with zero attached hydrogens (tertiary/aromatic N) is 3. The SMILES string of the molecule is Cc1ccc(-c2c(C)nn3c(=O)[nH]c(SCc4ccc(Cl)c(Cl)c4)nc23)cc1. The van der Waals surface area contributed by atoms with Gasteiger partial charge in [0.15, 0.2) is 10.8 Å². The third kappa shape index (κ3) is 3.68. The number of H-pyrrole nitrogens is 1. The van der Waals surface area contributed by atoms with Crippen molar-refractivity contribution in [2.45, 2.75) is 24.8 Å². The normalized spacial score (nSPS) is 11.3. The summed E-state index contributed by atoms with van der Waals surface area (Å²) in [6.45, 7) is 3.92. The number of hydrogen-bond donors (Lipinski definition) is 1. The van der Waals surface area contributed by atoms with Gasteiger partial charge in [-0.2, -0.15) is 9.61 Å². The number of halogens is 2. The third-order valence-corrected chi connectivity index (χ3v) is 6.03. The van der Waals surface area contributed by atoms with Crippen molar-refractivity contribution in [2.24, 2.45) is 0 Å². The van der Waals surface area contributed by atoms with Gasteiger partial charge in [0.05, 0.1) is 15.7 Å². The largest absolute Gasteiger partial charge is 0.350 e. The predicted molar refractivity (Wildman–Crippen MR) is 115 cm³/mol. The zero-order valence-corrected chi connectivity index (χ0v) is 17.5. The number of nitrogens with one attached hydrogen (secondary N) is 1. The molecule has 0 saturated carbocycles. The minimum Gasteiger partial charge on any atom is -0.285 e. The molecule has 0 aliphatic rings. The van der Waals surface area contributed by atoms with E-state index in [1.165, 1.54) is 21.8 Å². The number of rotatable bonds is 4. The first-order chi connectivity index (χ1) is 13.4. The molecule has 0 bridgehead atoms. The Hall–Kier alpha value is -2.28. The van der Waals surface area contributed by atoms with E-state index in [9.17, 15) is 4.79 Å². The highest BCUT2D eigenvalue weighted by Crippen LogP contribution is 2.29. The molecule has 0 aliphatic carbocycles. The Kier molecular flexibility index (Phi) is 5.19. The van der Waals surface area contributed by atoms with E-state index < -0.39 is 0 Å². The average molecular weight is 431 g/mol. The highest BCUT2D eigenvalue weighted by molar-refractivity contribution is 7.98. The quantitative estimate of drug-likeness (QED) is 0.446. The summed E-state index contributed by atoms with van der Waals surface area (Å²) in [7, 11) is 0. The smallest absolute Gasteiger partial charge is 0.285 e. The fraction of sp³-hybridized carbons (Fsp3) is 0.150. The summed E-state index contributed by atoms with van der Waals surface area (Å²) in [6, 6.07) is 13.6. The Morgan fingerprint density at radius 2 is 1.82 bits per heavy atom. The fourth-order valence-electron chi connectivity index (χ4n) is 2.94. The number of benzene rings is 2.